The van der Waals surface area contributed by atoms with E-state index in [4.69, 9.17) is 5.73 Å². The maximum absolute atomic E-state index is 11.3. The molecule has 0 saturated heterocycles. The highest BCUT2D eigenvalue weighted by Gasteiger charge is 2.54. The van der Waals surface area contributed by atoms with Crippen LogP contribution in [0, 0.1) is 23.2 Å². The Bertz CT molecular complexity index is 281. The molecule has 2 aliphatic carbocycles. The van der Waals surface area contributed by atoms with E-state index < -0.39 is 5.60 Å². The molecule has 2 nitrogen and oxygen atoms in total. The highest BCUT2D eigenvalue weighted by atomic mass is 16.3. The number of rotatable bonds is 3. The van der Waals surface area contributed by atoms with Crippen LogP contribution in [0.2, 0.25) is 0 Å². The molecule has 2 aliphatic rings. The molecule has 0 amide bonds. The molecule has 0 spiro atoms. The monoisotopic (exact) mass is 253 g/mol. The van der Waals surface area contributed by atoms with Gasteiger partial charge < -0.3 is 10.8 Å². The summed E-state index contributed by atoms with van der Waals surface area (Å²) in [6.07, 6.45) is 7.98. The van der Waals surface area contributed by atoms with Gasteiger partial charge in [-0.15, -0.1) is 0 Å². The molecule has 4 unspecified atom stereocenters. The SMILES string of the molecule is CCC1CCC(CN)(C2(O)CC(C)CC(C)C2)C1. The van der Waals surface area contributed by atoms with Gasteiger partial charge in [0, 0.05) is 12.0 Å². The van der Waals surface area contributed by atoms with Crippen LogP contribution >= 0.6 is 0 Å². The third-order valence-electron chi connectivity index (χ3n) is 5.84. The van der Waals surface area contributed by atoms with E-state index in [0.717, 1.165) is 31.6 Å². The summed E-state index contributed by atoms with van der Waals surface area (Å²) in [6.45, 7) is 7.51. The van der Waals surface area contributed by atoms with Crippen LogP contribution in [0.3, 0.4) is 0 Å². The molecule has 2 rings (SSSR count). The van der Waals surface area contributed by atoms with Crippen molar-refractivity contribution in [2.75, 3.05) is 6.54 Å². The molecule has 0 aromatic rings. The highest BCUT2D eigenvalue weighted by molar-refractivity contribution is 5.06. The van der Waals surface area contributed by atoms with Crippen LogP contribution in [-0.4, -0.2) is 17.3 Å². The van der Waals surface area contributed by atoms with E-state index in [1.54, 1.807) is 0 Å². The van der Waals surface area contributed by atoms with E-state index >= 15 is 0 Å². The minimum absolute atomic E-state index is 0.0105. The van der Waals surface area contributed by atoms with Gasteiger partial charge in [0.15, 0.2) is 0 Å². The molecule has 0 bridgehead atoms. The van der Waals surface area contributed by atoms with Crippen molar-refractivity contribution in [3.63, 3.8) is 0 Å². The Morgan fingerprint density at radius 3 is 2.22 bits per heavy atom. The first kappa shape index (κ1) is 14.3. The van der Waals surface area contributed by atoms with Gasteiger partial charge >= 0.3 is 0 Å². The first-order chi connectivity index (χ1) is 8.44. The number of hydrogen-bond donors (Lipinski definition) is 2. The van der Waals surface area contributed by atoms with Gasteiger partial charge in [-0.1, -0.05) is 27.2 Å². The average Bonchev–Trinajstić information content (AvgIpc) is 2.72. The second kappa shape index (κ2) is 5.13. The topological polar surface area (TPSA) is 46.2 Å². The van der Waals surface area contributed by atoms with Gasteiger partial charge in [0.2, 0.25) is 0 Å². The van der Waals surface area contributed by atoms with Gasteiger partial charge in [-0.25, -0.2) is 0 Å². The van der Waals surface area contributed by atoms with E-state index in [-0.39, 0.29) is 5.41 Å². The Kier molecular flexibility index (Phi) is 4.08. The van der Waals surface area contributed by atoms with Gasteiger partial charge in [0.25, 0.3) is 0 Å². The van der Waals surface area contributed by atoms with Crippen molar-refractivity contribution >= 4 is 0 Å². The molecule has 2 fully saturated rings. The van der Waals surface area contributed by atoms with Crippen LogP contribution < -0.4 is 5.73 Å². The Hall–Kier alpha value is -0.0800. The van der Waals surface area contributed by atoms with E-state index in [1.165, 1.54) is 19.3 Å². The first-order valence-electron chi connectivity index (χ1n) is 7.87. The van der Waals surface area contributed by atoms with Crippen LogP contribution in [0.1, 0.15) is 65.7 Å². The largest absolute Gasteiger partial charge is 0.389 e. The average molecular weight is 253 g/mol. The van der Waals surface area contributed by atoms with Crippen molar-refractivity contribution in [1.82, 2.24) is 0 Å². The molecule has 0 aromatic carbocycles. The summed E-state index contributed by atoms with van der Waals surface area (Å²) in [7, 11) is 0. The Labute approximate surface area is 112 Å². The predicted molar refractivity (Wildman–Crippen MR) is 76.2 cm³/mol. The zero-order valence-corrected chi connectivity index (χ0v) is 12.4. The van der Waals surface area contributed by atoms with E-state index in [1.807, 2.05) is 0 Å². The molecule has 3 N–H and O–H groups in total. The quantitative estimate of drug-likeness (QED) is 0.810. The second-order valence-corrected chi connectivity index (χ2v) is 7.39. The summed E-state index contributed by atoms with van der Waals surface area (Å²) in [5, 5.41) is 11.3. The van der Waals surface area contributed by atoms with Gasteiger partial charge in [-0.2, -0.15) is 0 Å². The summed E-state index contributed by atoms with van der Waals surface area (Å²) >= 11 is 0. The van der Waals surface area contributed by atoms with Crippen molar-refractivity contribution in [3.05, 3.63) is 0 Å². The number of hydrogen-bond acceptors (Lipinski definition) is 2. The van der Waals surface area contributed by atoms with Crippen LogP contribution in [0.5, 0.6) is 0 Å². The molecule has 2 heteroatoms. The van der Waals surface area contributed by atoms with Crippen LogP contribution in [-0.2, 0) is 0 Å². The smallest absolute Gasteiger partial charge is 0.0721 e. The van der Waals surface area contributed by atoms with Gasteiger partial charge in [0.05, 0.1) is 5.60 Å². The molecule has 106 valence electrons. The lowest BCUT2D eigenvalue weighted by Crippen LogP contribution is -2.55. The maximum atomic E-state index is 11.3. The summed E-state index contributed by atoms with van der Waals surface area (Å²) in [5.74, 6) is 2.07. The molecule has 0 aromatic heterocycles. The summed E-state index contributed by atoms with van der Waals surface area (Å²) in [4.78, 5) is 0. The zero-order valence-electron chi connectivity index (χ0n) is 12.4. The fraction of sp³-hybridized carbons (Fsp3) is 1.00. The minimum Gasteiger partial charge on any atom is -0.389 e. The highest BCUT2D eigenvalue weighted by Crippen LogP contribution is 2.55. The fourth-order valence-corrected chi connectivity index (χ4v) is 4.91. The Balaban J connectivity index is 2.20. The van der Waals surface area contributed by atoms with Gasteiger partial charge in [-0.3, -0.25) is 0 Å². The number of nitrogens with two attached hydrogens (primary N) is 1. The zero-order chi connectivity index (χ0) is 13.4. The van der Waals surface area contributed by atoms with Crippen LogP contribution in [0.4, 0.5) is 0 Å². The van der Waals surface area contributed by atoms with Crippen LogP contribution in [0.15, 0.2) is 0 Å². The van der Waals surface area contributed by atoms with E-state index in [2.05, 4.69) is 20.8 Å². The second-order valence-electron chi connectivity index (χ2n) is 7.39. The normalized spacial score (nSPS) is 49.5. The van der Waals surface area contributed by atoms with E-state index in [9.17, 15) is 5.11 Å². The van der Waals surface area contributed by atoms with Gasteiger partial charge in [-0.05, 0) is 56.3 Å². The lowest BCUT2D eigenvalue weighted by atomic mass is 9.59. The Morgan fingerprint density at radius 1 is 1.17 bits per heavy atom. The molecule has 2 saturated carbocycles. The molecule has 0 radical (unpaired) electrons. The van der Waals surface area contributed by atoms with Gasteiger partial charge in [0.1, 0.15) is 0 Å². The standard InChI is InChI=1S/C16H31NO/c1-4-14-5-6-15(10-14,11-17)16(18)8-12(2)7-13(3)9-16/h12-14,18H,4-11,17H2,1-3H3. The minimum atomic E-state index is -0.497. The molecule has 4 atom stereocenters. The fourth-order valence-electron chi connectivity index (χ4n) is 4.91. The molecule has 0 aliphatic heterocycles. The molecule has 18 heavy (non-hydrogen) atoms. The predicted octanol–water partition coefficient (Wildman–Crippen LogP) is 3.33. The molecular formula is C16H31NO. The summed E-state index contributed by atoms with van der Waals surface area (Å²) < 4.78 is 0. The maximum Gasteiger partial charge on any atom is 0.0721 e. The third kappa shape index (κ3) is 2.34. The third-order valence-corrected chi connectivity index (χ3v) is 5.84. The van der Waals surface area contributed by atoms with Crippen molar-refractivity contribution in [2.24, 2.45) is 28.9 Å². The molecular weight excluding hydrogens is 222 g/mol. The lowest BCUT2D eigenvalue weighted by molar-refractivity contribution is -0.127. The van der Waals surface area contributed by atoms with Crippen molar-refractivity contribution in [3.8, 4) is 0 Å². The van der Waals surface area contributed by atoms with Crippen molar-refractivity contribution in [1.29, 1.82) is 0 Å². The lowest BCUT2D eigenvalue weighted by Gasteiger charge is -2.50. The summed E-state index contributed by atoms with van der Waals surface area (Å²) in [6, 6.07) is 0. The van der Waals surface area contributed by atoms with Crippen molar-refractivity contribution in [2.45, 2.75) is 71.3 Å². The first-order valence-corrected chi connectivity index (χ1v) is 7.87. The van der Waals surface area contributed by atoms with E-state index in [0.29, 0.717) is 18.4 Å². The number of aliphatic hydroxyl groups is 1. The Morgan fingerprint density at radius 2 is 1.78 bits per heavy atom. The molecule has 0 heterocycles. The summed E-state index contributed by atoms with van der Waals surface area (Å²) in [5.41, 5.74) is 5.65. The van der Waals surface area contributed by atoms with Crippen molar-refractivity contribution < 1.29 is 5.11 Å². The van der Waals surface area contributed by atoms with Crippen LogP contribution in [0.25, 0.3) is 0 Å².